The van der Waals surface area contributed by atoms with E-state index in [9.17, 15) is 0 Å². The Morgan fingerprint density at radius 2 is 1.80 bits per heavy atom. The van der Waals surface area contributed by atoms with Crippen LogP contribution in [0.2, 0.25) is 0 Å². The van der Waals surface area contributed by atoms with E-state index in [2.05, 4.69) is 65.1 Å². The molecular weight excluding hydrogens is 246 g/mol. The highest BCUT2D eigenvalue weighted by atomic mass is 16.5. The van der Waals surface area contributed by atoms with Gasteiger partial charge >= 0.3 is 0 Å². The van der Waals surface area contributed by atoms with Crippen LogP contribution >= 0.6 is 0 Å². The maximum Gasteiger partial charge on any atom is 0.120 e. The summed E-state index contributed by atoms with van der Waals surface area (Å²) in [5.41, 5.74) is 1.64. The number of nitrogens with one attached hydrogen (secondary N) is 1. The summed E-state index contributed by atoms with van der Waals surface area (Å²) in [5, 5.41) is 3.45. The van der Waals surface area contributed by atoms with E-state index in [1.54, 1.807) is 0 Å². The predicted octanol–water partition coefficient (Wildman–Crippen LogP) is 4.81. The van der Waals surface area contributed by atoms with Gasteiger partial charge in [0.05, 0.1) is 6.10 Å². The van der Waals surface area contributed by atoms with Crippen molar-refractivity contribution in [2.75, 3.05) is 7.05 Å². The van der Waals surface area contributed by atoms with Gasteiger partial charge in [-0.1, -0.05) is 39.8 Å². The van der Waals surface area contributed by atoms with Crippen molar-refractivity contribution in [2.45, 2.75) is 60.1 Å². The van der Waals surface area contributed by atoms with Crippen LogP contribution in [0.1, 0.15) is 59.6 Å². The molecule has 1 aromatic carbocycles. The molecule has 0 heterocycles. The number of ether oxygens (including phenoxy) is 1. The van der Waals surface area contributed by atoms with Crippen LogP contribution in [0.15, 0.2) is 24.3 Å². The van der Waals surface area contributed by atoms with Crippen molar-refractivity contribution in [3.8, 4) is 5.75 Å². The number of benzene rings is 1. The molecule has 0 aliphatic rings. The minimum absolute atomic E-state index is 0.215. The van der Waals surface area contributed by atoms with Crippen LogP contribution in [-0.2, 0) is 0 Å². The molecule has 1 N–H and O–H groups in total. The Morgan fingerprint density at radius 3 is 2.30 bits per heavy atom. The van der Waals surface area contributed by atoms with Gasteiger partial charge in [-0.05, 0) is 56.3 Å². The topological polar surface area (TPSA) is 21.3 Å². The summed E-state index contributed by atoms with van der Waals surface area (Å²) in [5.74, 6) is 1.61. The van der Waals surface area contributed by atoms with Crippen molar-refractivity contribution in [3.05, 3.63) is 29.8 Å². The number of rotatable bonds is 6. The van der Waals surface area contributed by atoms with Crippen molar-refractivity contribution >= 4 is 0 Å². The Kier molecular flexibility index (Phi) is 6.07. The largest absolute Gasteiger partial charge is 0.491 e. The molecule has 0 aliphatic heterocycles. The second-order valence-corrected chi connectivity index (χ2v) is 7.08. The molecule has 2 nitrogen and oxygen atoms in total. The molecule has 0 fully saturated rings. The van der Waals surface area contributed by atoms with E-state index in [0.717, 1.165) is 12.2 Å². The van der Waals surface area contributed by atoms with E-state index in [0.29, 0.717) is 17.4 Å². The van der Waals surface area contributed by atoms with Crippen molar-refractivity contribution in [1.82, 2.24) is 5.32 Å². The lowest BCUT2D eigenvalue weighted by atomic mass is 9.77. The van der Waals surface area contributed by atoms with E-state index in [-0.39, 0.29) is 6.10 Å². The van der Waals surface area contributed by atoms with Gasteiger partial charge in [-0.2, -0.15) is 0 Å². The van der Waals surface area contributed by atoms with Crippen LogP contribution in [0.3, 0.4) is 0 Å². The quantitative estimate of drug-likeness (QED) is 0.806. The highest BCUT2D eigenvalue weighted by Crippen LogP contribution is 2.33. The zero-order valence-electron chi connectivity index (χ0n) is 14.2. The molecule has 2 heteroatoms. The van der Waals surface area contributed by atoms with Gasteiger partial charge in [-0.25, -0.2) is 0 Å². The van der Waals surface area contributed by atoms with Gasteiger partial charge in [0.2, 0.25) is 0 Å². The van der Waals surface area contributed by atoms with Gasteiger partial charge in [-0.3, -0.25) is 0 Å². The summed E-state index contributed by atoms with van der Waals surface area (Å²) >= 11 is 0. The fraction of sp³-hybridized carbons (Fsp3) is 0.667. The lowest BCUT2D eigenvalue weighted by Gasteiger charge is -2.31. The second-order valence-electron chi connectivity index (χ2n) is 7.08. The molecule has 0 bridgehead atoms. The summed E-state index contributed by atoms with van der Waals surface area (Å²) in [6.07, 6.45) is 1.34. The standard InChI is InChI=1S/C18H31NO/c1-13(2)20-16-10-8-9-15(12-16)17(19-7)11-14(3)18(4,5)6/h8-10,12-14,17,19H,11H2,1-7H3. The van der Waals surface area contributed by atoms with Gasteiger partial charge in [0, 0.05) is 6.04 Å². The zero-order valence-corrected chi connectivity index (χ0v) is 14.2. The second kappa shape index (κ2) is 7.12. The van der Waals surface area contributed by atoms with Crippen molar-refractivity contribution < 1.29 is 4.74 Å². The van der Waals surface area contributed by atoms with Gasteiger partial charge in [0.25, 0.3) is 0 Å². The molecule has 1 rings (SSSR count). The third kappa shape index (κ3) is 5.16. The summed E-state index contributed by atoms with van der Waals surface area (Å²) in [6, 6.07) is 8.84. The molecule has 2 atom stereocenters. The first-order chi connectivity index (χ1) is 9.24. The third-order valence-corrected chi connectivity index (χ3v) is 4.05. The molecule has 0 aromatic heterocycles. The Balaban J connectivity index is 2.84. The SMILES string of the molecule is CNC(CC(C)C(C)(C)C)c1cccc(OC(C)C)c1. The first kappa shape index (κ1) is 17.0. The van der Waals surface area contributed by atoms with Gasteiger partial charge in [-0.15, -0.1) is 0 Å². The maximum atomic E-state index is 5.79. The maximum absolute atomic E-state index is 5.79. The van der Waals surface area contributed by atoms with Crippen molar-refractivity contribution in [2.24, 2.45) is 11.3 Å². The van der Waals surface area contributed by atoms with Crippen LogP contribution in [0, 0.1) is 11.3 Å². The average Bonchev–Trinajstić information content (AvgIpc) is 2.33. The lowest BCUT2D eigenvalue weighted by Crippen LogP contribution is -2.25. The zero-order chi connectivity index (χ0) is 15.3. The Labute approximate surface area is 124 Å². The first-order valence-electron chi connectivity index (χ1n) is 7.68. The fourth-order valence-corrected chi connectivity index (χ4v) is 2.20. The third-order valence-electron chi connectivity index (χ3n) is 4.05. The Hall–Kier alpha value is -1.02. The Morgan fingerprint density at radius 1 is 1.15 bits per heavy atom. The van der Waals surface area contributed by atoms with Gasteiger partial charge in [0.1, 0.15) is 5.75 Å². The number of hydrogen-bond acceptors (Lipinski definition) is 2. The normalized spacial score (nSPS) is 15.2. The van der Waals surface area contributed by atoms with E-state index in [1.807, 2.05) is 13.1 Å². The molecule has 2 unspecified atom stereocenters. The fourth-order valence-electron chi connectivity index (χ4n) is 2.20. The van der Waals surface area contributed by atoms with Crippen LogP contribution in [-0.4, -0.2) is 13.2 Å². The van der Waals surface area contributed by atoms with Crippen LogP contribution < -0.4 is 10.1 Å². The molecule has 0 saturated carbocycles. The minimum Gasteiger partial charge on any atom is -0.491 e. The average molecular weight is 277 g/mol. The molecule has 0 amide bonds. The van der Waals surface area contributed by atoms with E-state index >= 15 is 0 Å². The van der Waals surface area contributed by atoms with Crippen LogP contribution in [0.4, 0.5) is 0 Å². The van der Waals surface area contributed by atoms with Crippen LogP contribution in [0.5, 0.6) is 5.75 Å². The summed E-state index contributed by atoms with van der Waals surface area (Å²) < 4.78 is 5.79. The molecule has 1 aromatic rings. The minimum atomic E-state index is 0.215. The summed E-state index contributed by atoms with van der Waals surface area (Å²) in [4.78, 5) is 0. The molecule has 0 saturated heterocycles. The monoisotopic (exact) mass is 277 g/mol. The van der Waals surface area contributed by atoms with Crippen molar-refractivity contribution in [1.29, 1.82) is 0 Å². The molecule has 114 valence electrons. The predicted molar refractivity (Wildman–Crippen MR) is 87.2 cm³/mol. The summed E-state index contributed by atoms with van der Waals surface area (Å²) in [6.45, 7) is 13.4. The van der Waals surface area contributed by atoms with E-state index in [4.69, 9.17) is 4.74 Å². The Bertz CT molecular complexity index is 406. The van der Waals surface area contributed by atoms with E-state index < -0.39 is 0 Å². The summed E-state index contributed by atoms with van der Waals surface area (Å²) in [7, 11) is 2.04. The molecule has 0 aliphatic carbocycles. The number of hydrogen-bond donors (Lipinski definition) is 1. The highest BCUT2D eigenvalue weighted by molar-refractivity contribution is 5.30. The van der Waals surface area contributed by atoms with Crippen molar-refractivity contribution in [3.63, 3.8) is 0 Å². The molecule has 0 radical (unpaired) electrons. The smallest absolute Gasteiger partial charge is 0.120 e. The molecule has 0 spiro atoms. The van der Waals surface area contributed by atoms with Crippen LogP contribution in [0.25, 0.3) is 0 Å². The first-order valence-corrected chi connectivity index (χ1v) is 7.68. The van der Waals surface area contributed by atoms with Gasteiger partial charge < -0.3 is 10.1 Å². The molecule has 20 heavy (non-hydrogen) atoms. The highest BCUT2D eigenvalue weighted by Gasteiger charge is 2.23. The molecular formula is C18H31NO. The van der Waals surface area contributed by atoms with Gasteiger partial charge in [0.15, 0.2) is 0 Å². The lowest BCUT2D eigenvalue weighted by molar-refractivity contribution is 0.225. The van der Waals surface area contributed by atoms with E-state index in [1.165, 1.54) is 5.56 Å².